The van der Waals surface area contributed by atoms with Crippen LogP contribution in [0.25, 0.3) is 62.2 Å². The Morgan fingerprint density at radius 2 is 1.22 bits per heavy atom. The summed E-state index contributed by atoms with van der Waals surface area (Å²) in [6.07, 6.45) is 0. The van der Waals surface area contributed by atoms with Gasteiger partial charge in [-0.1, -0.05) is 98.0 Å². The molecule has 46 heavy (non-hydrogen) atoms. The summed E-state index contributed by atoms with van der Waals surface area (Å²) < 4.78 is 5.40. The first-order chi connectivity index (χ1) is 22.6. The Morgan fingerprint density at radius 3 is 2.09 bits per heavy atom. The van der Waals surface area contributed by atoms with Crippen LogP contribution in [0.15, 0.2) is 140 Å². The fourth-order valence-corrected chi connectivity index (χ4v) is 13.4. The van der Waals surface area contributed by atoms with Gasteiger partial charge in [-0.15, -0.1) is 22.7 Å². The van der Waals surface area contributed by atoms with Crippen LogP contribution in [0.5, 0.6) is 0 Å². The second-order valence-corrected chi connectivity index (χ2v) is 19.4. The minimum atomic E-state index is -1.84. The molecule has 2 aromatic heterocycles. The van der Waals surface area contributed by atoms with Crippen molar-refractivity contribution in [1.82, 2.24) is 0 Å². The number of hydrogen-bond donors (Lipinski definition) is 0. The van der Waals surface area contributed by atoms with Crippen molar-refractivity contribution in [1.29, 1.82) is 0 Å². The Balaban J connectivity index is 1.27. The maximum atomic E-state index is 2.50. The minimum absolute atomic E-state index is 1.18. The Bertz CT molecular complexity index is 2680. The van der Waals surface area contributed by atoms with Crippen LogP contribution in [0.3, 0.4) is 0 Å². The summed E-state index contributed by atoms with van der Waals surface area (Å²) in [6, 6.07) is 52.2. The lowest BCUT2D eigenvalue weighted by atomic mass is 10.0. The van der Waals surface area contributed by atoms with Crippen LogP contribution in [0.2, 0.25) is 13.1 Å². The third-order valence-electron chi connectivity index (χ3n) is 10.0. The van der Waals surface area contributed by atoms with Crippen molar-refractivity contribution in [2.75, 3.05) is 4.90 Å². The number of fused-ring (bicyclic) bond motifs is 11. The van der Waals surface area contributed by atoms with Gasteiger partial charge in [-0.2, -0.15) is 0 Å². The molecule has 3 heterocycles. The zero-order chi connectivity index (χ0) is 30.6. The van der Waals surface area contributed by atoms with Gasteiger partial charge in [-0.25, -0.2) is 0 Å². The second-order valence-electron chi connectivity index (χ2n) is 12.9. The van der Waals surface area contributed by atoms with E-state index >= 15 is 0 Å². The first-order valence-corrected chi connectivity index (χ1v) is 20.5. The molecule has 0 fully saturated rings. The summed E-state index contributed by atoms with van der Waals surface area (Å²) in [7, 11) is -1.84. The molecule has 0 amide bonds. The van der Waals surface area contributed by atoms with E-state index in [0.717, 1.165) is 0 Å². The summed E-state index contributed by atoms with van der Waals surface area (Å²) in [5.74, 6) is 0. The molecule has 0 aliphatic carbocycles. The molecule has 1 nitrogen and oxygen atoms in total. The lowest BCUT2D eigenvalue weighted by molar-refractivity contribution is 1.30. The smallest absolute Gasteiger partial charge is 0.113 e. The number of rotatable bonds is 3. The van der Waals surface area contributed by atoms with Crippen molar-refractivity contribution in [3.05, 3.63) is 140 Å². The van der Waals surface area contributed by atoms with Crippen molar-refractivity contribution in [3.8, 4) is 11.1 Å². The van der Waals surface area contributed by atoms with Crippen LogP contribution >= 0.6 is 22.7 Å². The summed E-state index contributed by atoms with van der Waals surface area (Å²) in [6.45, 7) is 5.01. The number of nitrogens with zero attached hydrogens (tertiary/aromatic N) is 1. The maximum absolute atomic E-state index is 2.50. The molecule has 0 bridgehead atoms. The van der Waals surface area contributed by atoms with Gasteiger partial charge in [0.2, 0.25) is 0 Å². The summed E-state index contributed by atoms with van der Waals surface area (Å²) in [5.41, 5.74) is 6.46. The Kier molecular flexibility index (Phi) is 5.54. The highest BCUT2D eigenvalue weighted by atomic mass is 32.1. The van der Waals surface area contributed by atoms with Gasteiger partial charge in [-0.3, -0.25) is 0 Å². The maximum Gasteiger partial charge on any atom is 0.113 e. The molecule has 0 atom stereocenters. The van der Waals surface area contributed by atoms with E-state index in [1.165, 1.54) is 84.5 Å². The van der Waals surface area contributed by atoms with Gasteiger partial charge in [0.05, 0.1) is 5.69 Å². The Labute approximate surface area is 276 Å². The SMILES string of the molecule is C[Si]1(C)c2ccccc2-c2ccc(N(c3ccccc3)c3cccc4sc5ccc6c7cc8ccccc8cc7sc6c5c34)cc21. The molecule has 0 saturated heterocycles. The molecule has 218 valence electrons. The van der Waals surface area contributed by atoms with Gasteiger partial charge < -0.3 is 4.90 Å². The molecule has 1 aliphatic rings. The van der Waals surface area contributed by atoms with E-state index in [0.29, 0.717) is 0 Å². The number of benzene rings is 7. The van der Waals surface area contributed by atoms with E-state index in [1.807, 2.05) is 22.7 Å². The van der Waals surface area contributed by atoms with Gasteiger partial charge >= 0.3 is 0 Å². The first-order valence-electron chi connectivity index (χ1n) is 15.9. The summed E-state index contributed by atoms with van der Waals surface area (Å²) in [5, 5.41) is 11.1. The standard InChI is InChI=1S/C42H29NS2Si/c1-46(2)38-18-9-8-15-30(38)31-20-19-29(25-39(31)46)43(28-13-4-3-5-14-28)34-16-10-17-35-40(34)41-36(44-35)22-21-32-33-23-26-11-6-7-12-27(26)24-37(33)45-42(32)41/h3-25H,1-2H3. The van der Waals surface area contributed by atoms with Gasteiger partial charge in [0.15, 0.2) is 0 Å². The topological polar surface area (TPSA) is 3.24 Å². The molecular weight excluding hydrogens is 611 g/mol. The highest BCUT2D eigenvalue weighted by Gasteiger charge is 2.37. The van der Waals surface area contributed by atoms with Crippen molar-refractivity contribution in [2.45, 2.75) is 13.1 Å². The normalized spacial score (nSPS) is 13.6. The van der Waals surface area contributed by atoms with E-state index in [4.69, 9.17) is 0 Å². The van der Waals surface area contributed by atoms with Crippen molar-refractivity contribution < 1.29 is 0 Å². The van der Waals surface area contributed by atoms with Gasteiger partial charge in [0.25, 0.3) is 0 Å². The minimum Gasteiger partial charge on any atom is -0.310 e. The van der Waals surface area contributed by atoms with E-state index in [-0.39, 0.29) is 0 Å². The van der Waals surface area contributed by atoms with Crippen LogP contribution in [0, 0.1) is 0 Å². The van der Waals surface area contributed by atoms with E-state index < -0.39 is 8.07 Å². The second kappa shape index (κ2) is 9.63. The summed E-state index contributed by atoms with van der Waals surface area (Å²) in [4.78, 5) is 2.50. The van der Waals surface area contributed by atoms with Crippen LogP contribution in [0.1, 0.15) is 0 Å². The molecule has 0 saturated carbocycles. The summed E-state index contributed by atoms with van der Waals surface area (Å²) >= 11 is 3.85. The largest absolute Gasteiger partial charge is 0.310 e. The molecule has 9 aromatic rings. The van der Waals surface area contributed by atoms with Gasteiger partial charge in [0.1, 0.15) is 8.07 Å². The molecular formula is C42H29NS2Si. The monoisotopic (exact) mass is 639 g/mol. The zero-order valence-corrected chi connectivity index (χ0v) is 28.2. The van der Waals surface area contributed by atoms with Crippen molar-refractivity contribution >= 4 is 109 Å². The third kappa shape index (κ3) is 3.66. The predicted octanol–water partition coefficient (Wildman–Crippen LogP) is 11.8. The average molecular weight is 640 g/mol. The van der Waals surface area contributed by atoms with Gasteiger partial charge in [0, 0.05) is 51.7 Å². The lowest BCUT2D eigenvalue weighted by Gasteiger charge is -2.28. The molecule has 0 unspecified atom stereocenters. The Morgan fingerprint density at radius 1 is 0.478 bits per heavy atom. The highest BCUT2D eigenvalue weighted by Crippen LogP contribution is 2.50. The lowest BCUT2D eigenvalue weighted by Crippen LogP contribution is -2.49. The van der Waals surface area contributed by atoms with Crippen molar-refractivity contribution in [3.63, 3.8) is 0 Å². The number of thiophene rings is 2. The molecule has 7 aromatic carbocycles. The molecule has 10 rings (SSSR count). The third-order valence-corrected chi connectivity index (χ3v) is 15.9. The number of anilines is 3. The van der Waals surface area contributed by atoms with Crippen LogP contribution in [0.4, 0.5) is 17.1 Å². The van der Waals surface area contributed by atoms with Crippen molar-refractivity contribution in [2.24, 2.45) is 0 Å². The molecule has 0 spiro atoms. The fourth-order valence-electron chi connectivity index (χ4n) is 7.83. The first kappa shape index (κ1) is 26.5. The molecule has 0 N–H and O–H groups in total. The number of hydrogen-bond acceptors (Lipinski definition) is 3. The highest BCUT2D eigenvalue weighted by molar-refractivity contribution is 7.30. The fraction of sp³-hybridized carbons (Fsp3) is 0.0476. The van der Waals surface area contributed by atoms with E-state index in [1.54, 1.807) is 5.19 Å². The zero-order valence-electron chi connectivity index (χ0n) is 25.5. The van der Waals surface area contributed by atoms with E-state index in [9.17, 15) is 0 Å². The Hall–Kier alpha value is -4.74. The quantitative estimate of drug-likeness (QED) is 0.174. The molecule has 0 radical (unpaired) electrons. The molecule has 1 aliphatic heterocycles. The van der Waals surface area contributed by atoms with Crippen LogP contribution < -0.4 is 15.3 Å². The number of para-hydroxylation sites is 1. The van der Waals surface area contributed by atoms with E-state index in [2.05, 4.69) is 158 Å². The predicted molar refractivity (Wildman–Crippen MR) is 207 cm³/mol. The van der Waals surface area contributed by atoms with Gasteiger partial charge in [-0.05, 0) is 86.9 Å². The molecule has 4 heteroatoms. The van der Waals surface area contributed by atoms with Crippen LogP contribution in [-0.2, 0) is 0 Å². The average Bonchev–Trinajstić information content (AvgIpc) is 3.72. The van der Waals surface area contributed by atoms with Crippen LogP contribution in [-0.4, -0.2) is 8.07 Å².